The fraction of sp³-hybridized carbons (Fsp3) is 0.0938. The Morgan fingerprint density at radius 3 is 2.15 bits per heavy atom. The molecule has 2 nitrogen and oxygen atoms in total. The van der Waals surface area contributed by atoms with Gasteiger partial charge < -0.3 is 4.74 Å². The third-order valence-corrected chi connectivity index (χ3v) is 7.45. The van der Waals surface area contributed by atoms with Gasteiger partial charge in [0.25, 0.3) is 0 Å². The molecule has 0 amide bonds. The number of pyridine rings is 1. The van der Waals surface area contributed by atoms with Gasteiger partial charge in [-0.3, -0.25) is 0 Å². The number of hydrogen-bond donors (Lipinski definition) is 0. The average Bonchev–Trinajstić information content (AvgIpc) is 2.88. The van der Waals surface area contributed by atoms with Crippen LogP contribution in [0.3, 0.4) is 0 Å². The minimum Gasteiger partial charge on any atom is -0.455 e. The molecule has 1 aliphatic heterocycles. The zero-order valence-corrected chi connectivity index (χ0v) is 19.5. The quantitative estimate of drug-likeness (QED) is 0.187. The molecule has 0 unspecified atom stereocenters. The second-order valence-corrected chi connectivity index (χ2v) is 9.31. The number of aryl methyl sites for hydroxylation is 3. The van der Waals surface area contributed by atoms with Gasteiger partial charge in [0.05, 0.1) is 10.9 Å². The monoisotopic (exact) mass is 438 g/mol. The number of rotatable bonds is 1. The summed E-state index contributed by atoms with van der Waals surface area (Å²) in [5.74, 6) is 1.91. The number of ether oxygens (including phenoxy) is 1. The van der Waals surface area contributed by atoms with Gasteiger partial charge in [-0.05, 0) is 58.1 Å². The second kappa shape index (κ2) is 6.91. The van der Waals surface area contributed by atoms with E-state index < -0.39 is 0 Å². The normalized spacial score (nSPS) is 12.2. The van der Waals surface area contributed by atoms with Crippen molar-refractivity contribution in [1.82, 2.24) is 0 Å². The van der Waals surface area contributed by atoms with E-state index in [1.54, 1.807) is 0 Å². The molecule has 1 aliphatic rings. The van der Waals surface area contributed by atoms with Crippen LogP contribution in [0.5, 0.6) is 11.5 Å². The van der Waals surface area contributed by atoms with E-state index in [-0.39, 0.29) is 0 Å². The van der Waals surface area contributed by atoms with Crippen LogP contribution in [-0.2, 0) is 7.05 Å². The molecule has 0 saturated heterocycles. The summed E-state index contributed by atoms with van der Waals surface area (Å²) in [5.41, 5.74) is 7.34. The van der Waals surface area contributed by atoms with Crippen molar-refractivity contribution in [3.63, 3.8) is 0 Å². The lowest BCUT2D eigenvalue weighted by molar-refractivity contribution is -0.659. The molecule has 162 valence electrons. The summed E-state index contributed by atoms with van der Waals surface area (Å²) in [6.07, 6.45) is 2.19. The van der Waals surface area contributed by atoms with Crippen LogP contribution in [0.2, 0.25) is 0 Å². The molecule has 2 heterocycles. The molecule has 5 aromatic carbocycles. The maximum atomic E-state index is 6.81. The van der Waals surface area contributed by atoms with E-state index in [1.165, 1.54) is 65.8 Å². The lowest BCUT2D eigenvalue weighted by atomic mass is 9.87. The Labute approximate surface area is 198 Å². The van der Waals surface area contributed by atoms with Crippen LogP contribution in [0, 0.1) is 13.8 Å². The van der Waals surface area contributed by atoms with E-state index in [9.17, 15) is 0 Å². The Morgan fingerprint density at radius 2 is 1.35 bits per heavy atom. The van der Waals surface area contributed by atoms with Gasteiger partial charge in [-0.15, -0.1) is 0 Å². The standard InChI is InChI=1S/C32H24NO/c1-19-22-12-7-8-13-23(22)20(2)32-29(19)31-30-26(16-17-33(31)3)25-15-9-14-24(21-10-5-4-6-11-21)27(25)18-28(30)34-32/h4-18H,1-3H3/q+1. The van der Waals surface area contributed by atoms with Gasteiger partial charge in [0.2, 0.25) is 5.69 Å². The lowest BCUT2D eigenvalue weighted by Gasteiger charge is -2.25. The van der Waals surface area contributed by atoms with E-state index in [4.69, 9.17) is 4.74 Å². The Balaban J connectivity index is 1.66. The minimum atomic E-state index is 0.933. The Hall–Kier alpha value is -4.17. The summed E-state index contributed by atoms with van der Waals surface area (Å²) in [6.45, 7) is 4.41. The molecule has 0 radical (unpaired) electrons. The van der Waals surface area contributed by atoms with E-state index in [1.807, 2.05) is 0 Å². The van der Waals surface area contributed by atoms with Crippen LogP contribution in [-0.4, -0.2) is 0 Å². The highest BCUT2D eigenvalue weighted by atomic mass is 16.5. The molecular weight excluding hydrogens is 414 g/mol. The highest BCUT2D eigenvalue weighted by Gasteiger charge is 2.32. The molecule has 34 heavy (non-hydrogen) atoms. The van der Waals surface area contributed by atoms with E-state index >= 15 is 0 Å². The summed E-state index contributed by atoms with van der Waals surface area (Å²) < 4.78 is 9.06. The van der Waals surface area contributed by atoms with Crippen molar-refractivity contribution >= 4 is 32.3 Å². The van der Waals surface area contributed by atoms with Crippen molar-refractivity contribution < 1.29 is 9.30 Å². The molecule has 7 rings (SSSR count). The Morgan fingerprint density at radius 1 is 0.647 bits per heavy atom. The molecule has 0 aliphatic carbocycles. The Bertz CT molecular complexity index is 1800. The van der Waals surface area contributed by atoms with Gasteiger partial charge in [-0.1, -0.05) is 72.8 Å². The Kier molecular flexibility index (Phi) is 3.93. The van der Waals surface area contributed by atoms with Crippen LogP contribution < -0.4 is 9.30 Å². The first-order valence-corrected chi connectivity index (χ1v) is 11.8. The predicted molar refractivity (Wildman–Crippen MR) is 141 cm³/mol. The largest absolute Gasteiger partial charge is 0.455 e. The maximum Gasteiger partial charge on any atom is 0.228 e. The summed E-state index contributed by atoms with van der Waals surface area (Å²) >= 11 is 0. The predicted octanol–water partition coefficient (Wildman–Crippen LogP) is 8.03. The molecule has 2 heteroatoms. The van der Waals surface area contributed by atoms with Crippen LogP contribution >= 0.6 is 0 Å². The van der Waals surface area contributed by atoms with Crippen LogP contribution in [0.25, 0.3) is 54.7 Å². The van der Waals surface area contributed by atoms with E-state index in [0.717, 1.165) is 11.5 Å². The van der Waals surface area contributed by atoms with Crippen molar-refractivity contribution in [1.29, 1.82) is 0 Å². The molecule has 0 fully saturated rings. The number of aromatic nitrogens is 1. The van der Waals surface area contributed by atoms with E-state index in [2.05, 4.69) is 117 Å². The van der Waals surface area contributed by atoms with Gasteiger partial charge in [0, 0.05) is 17.0 Å². The number of hydrogen-bond acceptors (Lipinski definition) is 1. The third kappa shape index (κ3) is 2.48. The van der Waals surface area contributed by atoms with Crippen LogP contribution in [0.1, 0.15) is 11.1 Å². The zero-order chi connectivity index (χ0) is 23.0. The first-order chi connectivity index (χ1) is 16.6. The van der Waals surface area contributed by atoms with Gasteiger partial charge in [-0.25, -0.2) is 4.57 Å². The van der Waals surface area contributed by atoms with Crippen LogP contribution in [0.15, 0.2) is 91.1 Å². The maximum absolute atomic E-state index is 6.81. The summed E-state index contributed by atoms with van der Waals surface area (Å²) in [7, 11) is 2.14. The molecule has 0 atom stereocenters. The van der Waals surface area contributed by atoms with Crippen molar-refractivity contribution in [3.05, 3.63) is 102 Å². The summed E-state index contributed by atoms with van der Waals surface area (Å²) in [5, 5.41) is 7.43. The summed E-state index contributed by atoms with van der Waals surface area (Å²) in [4.78, 5) is 0. The van der Waals surface area contributed by atoms with Crippen molar-refractivity contribution in [2.75, 3.05) is 0 Å². The number of benzene rings is 5. The summed E-state index contributed by atoms with van der Waals surface area (Å²) in [6, 6.07) is 30.4. The molecule has 0 bridgehead atoms. The third-order valence-electron chi connectivity index (χ3n) is 7.45. The fourth-order valence-corrected chi connectivity index (χ4v) is 5.81. The average molecular weight is 439 g/mol. The van der Waals surface area contributed by atoms with E-state index in [0.29, 0.717) is 0 Å². The molecular formula is C32H24NO+. The molecule has 6 aromatic rings. The van der Waals surface area contributed by atoms with Crippen molar-refractivity contribution in [3.8, 4) is 33.9 Å². The molecule has 1 aromatic heterocycles. The van der Waals surface area contributed by atoms with Gasteiger partial charge in [-0.2, -0.15) is 0 Å². The number of fused-ring (bicyclic) bond motifs is 5. The fourth-order valence-electron chi connectivity index (χ4n) is 5.81. The van der Waals surface area contributed by atoms with Gasteiger partial charge in [0.15, 0.2) is 6.20 Å². The topological polar surface area (TPSA) is 13.1 Å². The van der Waals surface area contributed by atoms with Crippen molar-refractivity contribution in [2.45, 2.75) is 13.8 Å². The lowest BCUT2D eigenvalue weighted by Crippen LogP contribution is -2.32. The molecule has 0 N–H and O–H groups in total. The second-order valence-electron chi connectivity index (χ2n) is 9.31. The van der Waals surface area contributed by atoms with Gasteiger partial charge in [0.1, 0.15) is 18.5 Å². The highest BCUT2D eigenvalue weighted by molar-refractivity contribution is 6.18. The van der Waals surface area contributed by atoms with Crippen LogP contribution in [0.4, 0.5) is 0 Å². The SMILES string of the molecule is Cc1c2c(c(C)c3ccccc13)-c1c3c(cc4c(-c5ccccc5)cccc4c3cc[n+]1C)O2. The first-order valence-electron chi connectivity index (χ1n) is 11.8. The number of nitrogens with zero attached hydrogens (tertiary/aromatic N) is 1. The smallest absolute Gasteiger partial charge is 0.228 e. The molecule has 0 saturated carbocycles. The zero-order valence-electron chi connectivity index (χ0n) is 19.5. The minimum absolute atomic E-state index is 0.933. The van der Waals surface area contributed by atoms with Gasteiger partial charge >= 0.3 is 0 Å². The molecule has 0 spiro atoms. The highest BCUT2D eigenvalue weighted by Crippen LogP contribution is 2.52. The first kappa shape index (κ1) is 19.3. The van der Waals surface area contributed by atoms with Crippen molar-refractivity contribution in [2.24, 2.45) is 7.05 Å².